The smallest absolute Gasteiger partial charge is 0.412 e. The van der Waals surface area contributed by atoms with E-state index in [1.54, 1.807) is 47.0 Å². The fourth-order valence-corrected chi connectivity index (χ4v) is 14.7. The molecule has 6 bridgehead atoms. The third-order valence-electron chi connectivity index (χ3n) is 12.3. The lowest BCUT2D eigenvalue weighted by Gasteiger charge is -2.12. The summed E-state index contributed by atoms with van der Waals surface area (Å²) in [4.78, 5) is 42.5. The van der Waals surface area contributed by atoms with Gasteiger partial charge in [-0.25, -0.2) is 30.0 Å². The standard InChI is InChI=1S/C56H32N8S4.Al.H2O/c1-5-17-33(18-6-1)65-41-29-13-25-37-45(41)53-57-49(37)62-54-47-39(27-15-31-43(47)67-35-21-9-3-10-22-35)51(59-54)64-56-48-40(28-16-32-44(48)68-36-23-11-4-12-24-36)52(60-56)63-55-46-38(50(58-55)61-53)26-14-30-42(46)66-34-19-7-2-8-20-34;;/h1-32H;;1H2/q-2;+2;. The third kappa shape index (κ3) is 7.34. The van der Waals surface area contributed by atoms with Crippen LogP contribution in [0, 0.1) is 0 Å². The van der Waals surface area contributed by atoms with E-state index in [9.17, 15) is 0 Å². The van der Waals surface area contributed by atoms with Crippen LogP contribution in [0.15, 0.2) is 263 Å². The van der Waals surface area contributed by atoms with Crippen molar-refractivity contribution in [2.24, 2.45) is 30.0 Å². The topological polar surface area (TPSA) is 116 Å². The summed E-state index contributed by atoms with van der Waals surface area (Å²) < 4.78 is 4.65. The highest BCUT2D eigenvalue weighted by atomic mass is 32.2. The zero-order chi connectivity index (χ0) is 45.4. The van der Waals surface area contributed by atoms with Crippen molar-refractivity contribution in [1.82, 2.24) is 7.10 Å². The molecule has 0 spiro atoms. The fraction of sp³-hybridized carbons (Fsp3) is 0. The number of amidine groups is 4. The molecule has 0 amide bonds. The first-order chi connectivity index (χ1) is 34.2. The lowest BCUT2D eigenvalue weighted by molar-refractivity contribution is 0.824. The van der Waals surface area contributed by atoms with Crippen LogP contribution in [0.1, 0.15) is 22.3 Å². The number of benzene rings is 8. The molecule has 9 nitrogen and oxygen atoms in total. The number of hydrogen-bond donors (Lipinski definition) is 0. The largest absolute Gasteiger partial charge is 0.568 e. The van der Waals surface area contributed by atoms with E-state index in [1.165, 1.54) is 0 Å². The predicted molar refractivity (Wildman–Crippen MR) is 287 cm³/mol. The van der Waals surface area contributed by atoms with Gasteiger partial charge in [0, 0.05) is 83.0 Å². The first-order valence-electron chi connectivity index (χ1n) is 22.3. The van der Waals surface area contributed by atoms with Gasteiger partial charge in [0.25, 0.3) is 0 Å². The summed E-state index contributed by atoms with van der Waals surface area (Å²) in [6.07, 6.45) is 0. The zero-order valence-electron chi connectivity index (χ0n) is 36.8. The molecule has 4 aliphatic heterocycles. The second kappa shape index (κ2) is 17.8. The van der Waals surface area contributed by atoms with Crippen molar-refractivity contribution in [2.45, 2.75) is 39.2 Å². The van der Waals surface area contributed by atoms with Crippen molar-refractivity contribution in [1.29, 1.82) is 0 Å². The van der Waals surface area contributed by atoms with E-state index in [0.717, 1.165) is 106 Å². The summed E-state index contributed by atoms with van der Waals surface area (Å²) in [5.74, 6) is 4.05. The SMILES string of the molecule is O.c1ccc(Sc2cccc3c2C2=NC3=Nc3c4c(Sc5ccccc5)cccc4c4[n]3[Al][n]3c(c5cccc(Sc6ccccc6)c5c3=NC3=NC(=N4)c4c(Sc5ccccc5)cccc43)=N2)cc1. The van der Waals surface area contributed by atoms with E-state index in [2.05, 4.69) is 201 Å². The maximum absolute atomic E-state index is 5.71. The van der Waals surface area contributed by atoms with Crippen molar-refractivity contribution >= 4 is 119 Å². The third-order valence-corrected chi connectivity index (χ3v) is 18.0. The lowest BCUT2D eigenvalue weighted by Crippen LogP contribution is -2.36. The second-order valence-corrected chi connectivity index (χ2v) is 22.2. The van der Waals surface area contributed by atoms with E-state index >= 15 is 0 Å². The van der Waals surface area contributed by atoms with Gasteiger partial charge in [-0.2, -0.15) is 0 Å². The Morgan fingerprint density at radius 1 is 0.314 bits per heavy atom. The van der Waals surface area contributed by atoms with Gasteiger partial charge >= 0.3 is 15.7 Å². The van der Waals surface area contributed by atoms with Gasteiger partial charge in [-0.3, -0.25) is 0 Å². The highest BCUT2D eigenvalue weighted by Gasteiger charge is 2.33. The molecule has 14 heteroatoms. The Labute approximate surface area is 425 Å². The number of aliphatic imine (C=N–C) groups is 4. The molecule has 0 saturated carbocycles. The Kier molecular flexibility index (Phi) is 10.9. The molecule has 0 saturated heterocycles. The van der Waals surface area contributed by atoms with E-state index in [-0.39, 0.29) is 5.48 Å². The minimum atomic E-state index is -0.872. The minimum absolute atomic E-state index is 0. The molecule has 14 rings (SSSR count). The molecule has 2 aromatic heterocycles. The predicted octanol–water partition coefficient (Wildman–Crippen LogP) is 12.3. The Morgan fingerprint density at radius 3 is 1.29 bits per heavy atom. The molecule has 1 radical (unpaired) electrons. The summed E-state index contributed by atoms with van der Waals surface area (Å²) in [7, 11) is 0. The summed E-state index contributed by atoms with van der Waals surface area (Å²) in [5, 5.41) is 3.99. The van der Waals surface area contributed by atoms with Crippen LogP contribution in [0.2, 0.25) is 0 Å². The maximum atomic E-state index is 5.71. The number of hydrogen-bond acceptors (Lipinski definition) is 10. The molecule has 4 aliphatic rings. The number of nitrogens with zero attached hydrogens (tertiary/aromatic N) is 8. The zero-order valence-corrected chi connectivity index (χ0v) is 41.2. The highest BCUT2D eigenvalue weighted by Crippen LogP contribution is 2.47. The van der Waals surface area contributed by atoms with Gasteiger partial charge in [-0.15, -0.1) is 0 Å². The van der Waals surface area contributed by atoms with E-state index < -0.39 is 15.7 Å². The summed E-state index contributed by atoms with van der Waals surface area (Å²) in [6.45, 7) is 0. The van der Waals surface area contributed by atoms with Gasteiger partial charge < -0.3 is 12.6 Å². The molecule has 0 atom stereocenters. The monoisotopic (exact) mass is 989 g/mol. The van der Waals surface area contributed by atoms with E-state index in [0.29, 0.717) is 23.3 Å². The lowest BCUT2D eigenvalue weighted by atomic mass is 10.1. The first-order valence-corrected chi connectivity index (χ1v) is 26.6. The Bertz CT molecular complexity index is 4040. The number of rotatable bonds is 8. The Morgan fingerprint density at radius 2 is 0.729 bits per heavy atom. The molecule has 8 aromatic carbocycles. The van der Waals surface area contributed by atoms with Crippen LogP contribution in [0.25, 0.3) is 21.5 Å². The van der Waals surface area contributed by atoms with Gasteiger partial charge in [0.1, 0.15) is 22.6 Å². The number of fused-ring (bicyclic) bond motifs is 14. The molecule has 10 aromatic rings. The van der Waals surface area contributed by atoms with Gasteiger partial charge in [-0.05, 0) is 72.8 Å². The molecule has 2 N–H and O–H groups in total. The summed E-state index contributed by atoms with van der Waals surface area (Å²) in [5.41, 5.74) is 5.37. The van der Waals surface area contributed by atoms with Crippen LogP contribution in [0.4, 0.5) is 11.6 Å². The van der Waals surface area contributed by atoms with E-state index in [1.807, 2.05) is 0 Å². The molecule has 331 valence electrons. The van der Waals surface area contributed by atoms with Gasteiger partial charge in [0.15, 0.2) is 23.3 Å². The average Bonchev–Trinajstić information content (AvgIpc) is 4.10. The second-order valence-electron chi connectivity index (χ2n) is 16.5. The molecule has 0 unspecified atom stereocenters. The van der Waals surface area contributed by atoms with Crippen LogP contribution in [-0.4, -0.2) is 51.6 Å². The Hall–Kier alpha value is -6.99. The highest BCUT2D eigenvalue weighted by molar-refractivity contribution is 8.00. The molecule has 0 fully saturated rings. The van der Waals surface area contributed by atoms with Crippen LogP contribution < -0.4 is 11.0 Å². The van der Waals surface area contributed by atoms with Crippen LogP contribution in [0.5, 0.6) is 0 Å². The first kappa shape index (κ1) is 43.1. The minimum Gasteiger partial charge on any atom is -0.412 e. The average molecular weight is 990 g/mol. The van der Waals surface area contributed by atoms with Crippen molar-refractivity contribution in [3.8, 4) is 0 Å². The van der Waals surface area contributed by atoms with Gasteiger partial charge in [0.05, 0.1) is 0 Å². The number of aromatic nitrogens is 2. The van der Waals surface area contributed by atoms with Crippen LogP contribution in [-0.2, 0) is 0 Å². The molecule has 70 heavy (non-hydrogen) atoms. The maximum Gasteiger partial charge on any atom is 0.568 e. The molecular formula is C56H34AlN8OS4. The van der Waals surface area contributed by atoms with Gasteiger partial charge in [0.2, 0.25) is 0 Å². The summed E-state index contributed by atoms with van der Waals surface area (Å²) in [6, 6.07) is 67.9. The molecule has 0 aliphatic carbocycles. The van der Waals surface area contributed by atoms with Crippen LogP contribution >= 0.6 is 47.0 Å². The van der Waals surface area contributed by atoms with E-state index in [4.69, 9.17) is 30.0 Å². The van der Waals surface area contributed by atoms with Crippen molar-refractivity contribution in [3.05, 3.63) is 227 Å². The van der Waals surface area contributed by atoms with Crippen LogP contribution in [0.3, 0.4) is 0 Å². The molecule has 6 heterocycles. The normalized spacial score (nSPS) is 13.7. The van der Waals surface area contributed by atoms with Crippen molar-refractivity contribution in [2.75, 3.05) is 0 Å². The van der Waals surface area contributed by atoms with Crippen molar-refractivity contribution in [3.63, 3.8) is 0 Å². The van der Waals surface area contributed by atoms with Gasteiger partial charge in [-0.1, -0.05) is 168 Å². The fourth-order valence-electron chi connectivity index (χ4n) is 9.24. The quantitative estimate of drug-likeness (QED) is 0.141. The van der Waals surface area contributed by atoms with Crippen molar-refractivity contribution < 1.29 is 5.48 Å². The Balaban J connectivity index is 0.00000480. The summed E-state index contributed by atoms with van der Waals surface area (Å²) >= 11 is 6.03. The molecular weight excluding hydrogens is 956 g/mol.